The van der Waals surface area contributed by atoms with E-state index in [9.17, 15) is 4.79 Å². The molecule has 6 heteroatoms. The summed E-state index contributed by atoms with van der Waals surface area (Å²) in [5.41, 5.74) is 1.15. The molecule has 23 heavy (non-hydrogen) atoms. The Morgan fingerprint density at radius 3 is 2.74 bits per heavy atom. The molecule has 1 aromatic carbocycles. The smallest absolute Gasteiger partial charge is 0.225 e. The molecule has 0 unspecified atom stereocenters. The molecule has 1 amide bonds. The molecule has 1 aromatic heterocycles. The van der Waals surface area contributed by atoms with E-state index < -0.39 is 0 Å². The van der Waals surface area contributed by atoms with E-state index in [0.717, 1.165) is 24.5 Å². The van der Waals surface area contributed by atoms with Gasteiger partial charge in [0.1, 0.15) is 18.0 Å². The van der Waals surface area contributed by atoms with Gasteiger partial charge in [0.15, 0.2) is 0 Å². The minimum absolute atomic E-state index is 0.0412. The highest BCUT2D eigenvalue weighted by atomic mass is 16.5. The molecule has 1 aliphatic rings. The van der Waals surface area contributed by atoms with Crippen LogP contribution in [0, 0.1) is 0 Å². The quantitative estimate of drug-likeness (QED) is 0.913. The highest BCUT2D eigenvalue weighted by Crippen LogP contribution is 2.15. The van der Waals surface area contributed by atoms with Crippen molar-refractivity contribution in [3.8, 4) is 0 Å². The Balaban J connectivity index is 1.55. The number of hydrogen-bond acceptors (Lipinski definition) is 5. The van der Waals surface area contributed by atoms with Gasteiger partial charge in [0.25, 0.3) is 0 Å². The number of aromatic nitrogens is 2. The molecule has 1 saturated heterocycles. The highest BCUT2D eigenvalue weighted by molar-refractivity contribution is 5.90. The van der Waals surface area contributed by atoms with E-state index in [1.807, 2.05) is 36.4 Å². The predicted octanol–water partition coefficient (Wildman–Crippen LogP) is 1.88. The monoisotopic (exact) mass is 312 g/mol. The number of nitrogens with one attached hydrogen (secondary N) is 1. The van der Waals surface area contributed by atoms with Gasteiger partial charge in [0.05, 0.1) is 13.2 Å². The highest BCUT2D eigenvalue weighted by Gasteiger charge is 2.13. The maximum absolute atomic E-state index is 12.1. The van der Waals surface area contributed by atoms with Crippen LogP contribution >= 0.6 is 0 Å². The van der Waals surface area contributed by atoms with Crippen LogP contribution < -0.4 is 10.2 Å². The number of rotatable bonds is 5. The third-order valence-corrected chi connectivity index (χ3v) is 3.74. The molecule has 0 atom stereocenters. The molecule has 2 heterocycles. The van der Waals surface area contributed by atoms with E-state index >= 15 is 0 Å². The van der Waals surface area contributed by atoms with Gasteiger partial charge < -0.3 is 15.0 Å². The largest absolute Gasteiger partial charge is 0.378 e. The predicted molar refractivity (Wildman–Crippen MR) is 88.5 cm³/mol. The van der Waals surface area contributed by atoms with Crippen molar-refractivity contribution < 1.29 is 9.53 Å². The zero-order valence-electron chi connectivity index (χ0n) is 12.9. The van der Waals surface area contributed by atoms with E-state index in [2.05, 4.69) is 20.2 Å². The van der Waals surface area contributed by atoms with Crippen LogP contribution in [0.3, 0.4) is 0 Å². The third-order valence-electron chi connectivity index (χ3n) is 3.74. The van der Waals surface area contributed by atoms with Gasteiger partial charge in [-0.05, 0) is 12.0 Å². The lowest BCUT2D eigenvalue weighted by atomic mass is 10.1. The molecule has 1 fully saturated rings. The number of carbonyl (C=O) groups excluding carboxylic acids is 1. The average Bonchev–Trinajstić information content (AvgIpc) is 2.62. The van der Waals surface area contributed by atoms with Crippen molar-refractivity contribution in [2.75, 3.05) is 36.5 Å². The second kappa shape index (κ2) is 7.69. The molecule has 1 aliphatic heterocycles. The minimum Gasteiger partial charge on any atom is -0.378 e. The van der Waals surface area contributed by atoms with Gasteiger partial charge in [-0.25, -0.2) is 9.97 Å². The first kappa shape index (κ1) is 15.4. The number of hydrogen-bond donors (Lipinski definition) is 1. The van der Waals surface area contributed by atoms with Gasteiger partial charge in [0.2, 0.25) is 5.91 Å². The van der Waals surface area contributed by atoms with Crippen molar-refractivity contribution in [2.24, 2.45) is 0 Å². The molecule has 0 bridgehead atoms. The van der Waals surface area contributed by atoms with E-state index in [1.165, 1.54) is 6.33 Å². The van der Waals surface area contributed by atoms with Crippen LogP contribution in [0.5, 0.6) is 0 Å². The summed E-state index contributed by atoms with van der Waals surface area (Å²) in [6.07, 6.45) is 2.63. The Morgan fingerprint density at radius 1 is 1.17 bits per heavy atom. The number of morpholine rings is 1. The van der Waals surface area contributed by atoms with Crippen LogP contribution in [0.25, 0.3) is 0 Å². The summed E-state index contributed by atoms with van der Waals surface area (Å²) >= 11 is 0. The first-order chi connectivity index (χ1) is 11.3. The number of nitrogens with zero attached hydrogens (tertiary/aromatic N) is 3. The van der Waals surface area contributed by atoms with Gasteiger partial charge in [-0.2, -0.15) is 0 Å². The van der Waals surface area contributed by atoms with Crippen molar-refractivity contribution in [3.63, 3.8) is 0 Å². The van der Waals surface area contributed by atoms with E-state index in [1.54, 1.807) is 0 Å². The molecule has 6 nitrogen and oxygen atoms in total. The van der Waals surface area contributed by atoms with E-state index in [4.69, 9.17) is 4.74 Å². The first-order valence-electron chi connectivity index (χ1n) is 7.80. The number of anilines is 2. The summed E-state index contributed by atoms with van der Waals surface area (Å²) in [7, 11) is 0. The zero-order chi connectivity index (χ0) is 15.9. The van der Waals surface area contributed by atoms with E-state index in [0.29, 0.717) is 31.9 Å². The maximum Gasteiger partial charge on any atom is 0.225 e. The number of carbonyl (C=O) groups is 1. The van der Waals surface area contributed by atoms with E-state index in [-0.39, 0.29) is 5.91 Å². The number of amides is 1. The summed E-state index contributed by atoms with van der Waals surface area (Å²) in [6.45, 7) is 3.00. The summed E-state index contributed by atoms with van der Waals surface area (Å²) < 4.78 is 5.34. The molecule has 0 saturated carbocycles. The lowest BCUT2D eigenvalue weighted by Gasteiger charge is -2.27. The van der Waals surface area contributed by atoms with Gasteiger partial charge >= 0.3 is 0 Å². The summed E-state index contributed by atoms with van der Waals surface area (Å²) in [5, 5.41) is 2.84. The second-order valence-electron chi connectivity index (χ2n) is 5.39. The Kier molecular flexibility index (Phi) is 5.16. The molecule has 1 N–H and O–H groups in total. The summed E-state index contributed by atoms with van der Waals surface area (Å²) in [4.78, 5) is 22.6. The van der Waals surface area contributed by atoms with Crippen molar-refractivity contribution in [1.29, 1.82) is 0 Å². The average molecular weight is 312 g/mol. The normalized spacial score (nSPS) is 14.5. The van der Waals surface area contributed by atoms with Crippen molar-refractivity contribution >= 4 is 17.5 Å². The standard InChI is InChI=1S/C17H20N4O2/c22-17(7-6-14-4-2-1-3-5-14)20-15-12-16(19-13-18-15)21-8-10-23-11-9-21/h1-5,12-13H,6-11H2,(H,18,19,20,22). The van der Waals surface area contributed by atoms with Gasteiger partial charge in [-0.1, -0.05) is 30.3 Å². The minimum atomic E-state index is -0.0412. The topological polar surface area (TPSA) is 67.4 Å². The van der Waals surface area contributed by atoms with Crippen LogP contribution in [-0.4, -0.2) is 42.2 Å². The van der Waals surface area contributed by atoms with Crippen molar-refractivity contribution in [1.82, 2.24) is 9.97 Å². The summed E-state index contributed by atoms with van der Waals surface area (Å²) in [6, 6.07) is 11.8. The van der Waals surface area contributed by atoms with Gasteiger partial charge in [-0.15, -0.1) is 0 Å². The van der Waals surface area contributed by atoms with Gasteiger partial charge in [-0.3, -0.25) is 4.79 Å². The number of ether oxygens (including phenoxy) is 1. The number of benzene rings is 1. The molecule has 0 spiro atoms. The SMILES string of the molecule is O=C(CCc1ccccc1)Nc1cc(N2CCOCC2)ncn1. The van der Waals surface area contributed by atoms with Crippen LogP contribution in [0.1, 0.15) is 12.0 Å². The fourth-order valence-corrected chi connectivity index (χ4v) is 2.49. The molecule has 120 valence electrons. The van der Waals surface area contributed by atoms with Crippen molar-refractivity contribution in [2.45, 2.75) is 12.8 Å². The Hall–Kier alpha value is -2.47. The molecular formula is C17H20N4O2. The lowest BCUT2D eigenvalue weighted by Crippen LogP contribution is -2.36. The maximum atomic E-state index is 12.1. The third kappa shape index (κ3) is 4.50. The van der Waals surface area contributed by atoms with Crippen LogP contribution in [-0.2, 0) is 16.0 Å². The molecule has 0 radical (unpaired) electrons. The lowest BCUT2D eigenvalue weighted by molar-refractivity contribution is -0.116. The Morgan fingerprint density at radius 2 is 1.96 bits per heavy atom. The fourth-order valence-electron chi connectivity index (χ4n) is 2.49. The Labute approximate surface area is 135 Å². The fraction of sp³-hybridized carbons (Fsp3) is 0.353. The van der Waals surface area contributed by atoms with Crippen molar-refractivity contribution in [3.05, 3.63) is 48.3 Å². The molecular weight excluding hydrogens is 292 g/mol. The number of aryl methyl sites for hydroxylation is 1. The van der Waals surface area contributed by atoms with Crippen LogP contribution in [0.15, 0.2) is 42.7 Å². The molecule has 2 aromatic rings. The zero-order valence-corrected chi connectivity index (χ0v) is 12.9. The van der Waals surface area contributed by atoms with Crippen LogP contribution in [0.4, 0.5) is 11.6 Å². The first-order valence-corrected chi connectivity index (χ1v) is 7.80. The van der Waals surface area contributed by atoms with Gasteiger partial charge in [0, 0.05) is 25.6 Å². The van der Waals surface area contributed by atoms with Crippen LogP contribution in [0.2, 0.25) is 0 Å². The molecule has 3 rings (SSSR count). The molecule has 0 aliphatic carbocycles. The summed E-state index contributed by atoms with van der Waals surface area (Å²) in [5.74, 6) is 1.32. The Bertz CT molecular complexity index is 642. The second-order valence-corrected chi connectivity index (χ2v) is 5.39.